The van der Waals surface area contributed by atoms with Gasteiger partial charge in [0.2, 0.25) is 0 Å². The van der Waals surface area contributed by atoms with Crippen LogP contribution in [0.25, 0.3) is 0 Å². The first kappa shape index (κ1) is 19.6. The van der Waals surface area contributed by atoms with Gasteiger partial charge in [-0.05, 0) is 48.7 Å². The Labute approximate surface area is 170 Å². The van der Waals surface area contributed by atoms with Crippen LogP contribution in [0.15, 0.2) is 75.9 Å². The van der Waals surface area contributed by atoms with Crippen LogP contribution in [0.1, 0.15) is 26.3 Å². The summed E-state index contributed by atoms with van der Waals surface area (Å²) in [6.45, 7) is 7.68. The molecule has 0 aliphatic rings. The molecule has 0 unspecified atom stereocenters. The molecule has 0 saturated heterocycles. The van der Waals surface area contributed by atoms with E-state index in [1.54, 1.807) is 11.3 Å². The van der Waals surface area contributed by atoms with Crippen molar-refractivity contribution in [3.63, 3.8) is 0 Å². The molecule has 2 aromatic carbocycles. The van der Waals surface area contributed by atoms with Gasteiger partial charge in [-0.25, -0.2) is 0 Å². The van der Waals surface area contributed by atoms with Gasteiger partial charge in [-0.1, -0.05) is 81.4 Å². The first-order valence-electron chi connectivity index (χ1n) is 8.91. The zero-order valence-corrected chi connectivity index (χ0v) is 18.9. The zero-order chi connectivity index (χ0) is 18.6. The number of halogens is 1. The van der Waals surface area contributed by atoms with Gasteiger partial charge in [0.1, 0.15) is 0 Å². The number of thiophene rings is 1. The van der Waals surface area contributed by atoms with Crippen LogP contribution in [-0.4, -0.2) is 14.9 Å². The Morgan fingerprint density at radius 2 is 1.42 bits per heavy atom. The van der Waals surface area contributed by atoms with Gasteiger partial charge in [0.05, 0.1) is 0 Å². The average Bonchev–Trinajstić information content (AvgIpc) is 3.04. The minimum absolute atomic E-state index is 0.0294. The lowest BCUT2D eigenvalue weighted by molar-refractivity contribution is 0.302. The summed E-state index contributed by atoms with van der Waals surface area (Å²) < 4.78 is 8.11. The molecule has 0 radical (unpaired) electrons. The molecule has 0 amide bonds. The van der Waals surface area contributed by atoms with Crippen molar-refractivity contribution in [1.82, 2.24) is 0 Å². The largest absolute Gasteiger partial charge is 0.407 e. The van der Waals surface area contributed by atoms with Crippen LogP contribution in [0.2, 0.25) is 5.04 Å². The first-order chi connectivity index (χ1) is 12.4. The van der Waals surface area contributed by atoms with E-state index in [-0.39, 0.29) is 5.04 Å². The molecule has 3 rings (SSSR count). The van der Waals surface area contributed by atoms with E-state index in [9.17, 15) is 0 Å². The minimum Gasteiger partial charge on any atom is -0.407 e. The maximum absolute atomic E-state index is 6.92. The molecule has 26 heavy (non-hydrogen) atoms. The van der Waals surface area contributed by atoms with Gasteiger partial charge in [-0.3, -0.25) is 0 Å². The van der Waals surface area contributed by atoms with Crippen molar-refractivity contribution in [3.8, 4) is 0 Å². The van der Waals surface area contributed by atoms with Crippen molar-refractivity contribution < 1.29 is 4.43 Å². The second-order valence-electron chi connectivity index (χ2n) is 7.51. The van der Waals surface area contributed by atoms with Gasteiger partial charge < -0.3 is 4.43 Å². The van der Waals surface area contributed by atoms with Crippen LogP contribution in [0, 0.1) is 0 Å². The Bertz CT molecular complexity index is 785. The Balaban J connectivity index is 2.01. The number of rotatable bonds is 6. The SMILES string of the molecule is CC(C)(C)[Si](OCCc1cscc1Br)(c1ccccc1)c1ccccc1. The molecule has 136 valence electrons. The second-order valence-corrected chi connectivity index (χ2v) is 13.4. The molecule has 0 spiro atoms. The lowest BCUT2D eigenvalue weighted by atomic mass is 10.2. The molecular weight excluding hydrogens is 420 g/mol. The highest BCUT2D eigenvalue weighted by molar-refractivity contribution is 9.10. The van der Waals surface area contributed by atoms with Gasteiger partial charge in [-0.2, -0.15) is 11.3 Å². The van der Waals surface area contributed by atoms with Crippen LogP contribution in [0.4, 0.5) is 0 Å². The predicted octanol–water partition coefficient (Wildman–Crippen LogP) is 5.63. The molecule has 0 bridgehead atoms. The summed E-state index contributed by atoms with van der Waals surface area (Å²) in [5.41, 5.74) is 1.33. The molecule has 0 N–H and O–H groups in total. The monoisotopic (exact) mass is 444 g/mol. The highest BCUT2D eigenvalue weighted by Gasteiger charge is 2.49. The van der Waals surface area contributed by atoms with Crippen LogP contribution < -0.4 is 10.4 Å². The van der Waals surface area contributed by atoms with Crippen LogP contribution in [0.5, 0.6) is 0 Å². The van der Waals surface area contributed by atoms with E-state index in [1.165, 1.54) is 20.4 Å². The molecular formula is C22H25BrOSSi. The third kappa shape index (κ3) is 3.89. The normalized spacial score (nSPS) is 12.3. The summed E-state index contributed by atoms with van der Waals surface area (Å²) in [6, 6.07) is 21.6. The lowest BCUT2D eigenvalue weighted by Crippen LogP contribution is -2.66. The molecule has 1 heterocycles. The average molecular weight is 445 g/mol. The van der Waals surface area contributed by atoms with Crippen molar-refractivity contribution in [3.05, 3.63) is 81.5 Å². The summed E-state index contributed by atoms with van der Waals surface area (Å²) >= 11 is 5.37. The molecule has 4 heteroatoms. The molecule has 0 saturated carbocycles. The van der Waals surface area contributed by atoms with Gasteiger partial charge >= 0.3 is 0 Å². The minimum atomic E-state index is -2.41. The fraction of sp³-hybridized carbons (Fsp3) is 0.273. The van der Waals surface area contributed by atoms with E-state index >= 15 is 0 Å². The summed E-state index contributed by atoms with van der Waals surface area (Å²) in [4.78, 5) is 0. The number of benzene rings is 2. The second kappa shape index (κ2) is 8.22. The highest BCUT2D eigenvalue weighted by Crippen LogP contribution is 2.37. The summed E-state index contributed by atoms with van der Waals surface area (Å²) in [6.07, 6.45) is 0.925. The molecule has 0 aliphatic heterocycles. The smallest absolute Gasteiger partial charge is 0.261 e. The summed E-state index contributed by atoms with van der Waals surface area (Å²) in [5, 5.41) is 7.05. The molecule has 3 aromatic rings. The van der Waals surface area contributed by atoms with Crippen LogP contribution in [-0.2, 0) is 10.8 Å². The Morgan fingerprint density at radius 1 is 0.885 bits per heavy atom. The van der Waals surface area contributed by atoms with Crippen molar-refractivity contribution >= 4 is 46.0 Å². The number of hydrogen-bond donors (Lipinski definition) is 0. The summed E-state index contributed by atoms with van der Waals surface area (Å²) in [5.74, 6) is 0. The Hall–Kier alpha value is -1.20. The van der Waals surface area contributed by atoms with E-state index < -0.39 is 8.32 Å². The molecule has 0 atom stereocenters. The molecule has 1 nitrogen and oxygen atoms in total. The van der Waals surface area contributed by atoms with Crippen molar-refractivity contribution in [1.29, 1.82) is 0 Å². The van der Waals surface area contributed by atoms with Gasteiger partial charge in [0.25, 0.3) is 8.32 Å². The Morgan fingerprint density at radius 3 is 1.85 bits per heavy atom. The van der Waals surface area contributed by atoms with Crippen molar-refractivity contribution in [2.24, 2.45) is 0 Å². The van der Waals surface area contributed by atoms with Crippen molar-refractivity contribution in [2.45, 2.75) is 32.2 Å². The third-order valence-corrected chi connectivity index (χ3v) is 11.7. The standard InChI is InChI=1S/C22H25BrOSSi/c1-22(2,3)26(19-10-6-4-7-11-19,20-12-8-5-9-13-20)24-15-14-18-16-25-17-21(18)23/h4-13,16-17H,14-15H2,1-3H3. The molecule has 1 aromatic heterocycles. The van der Waals surface area contributed by atoms with Gasteiger partial charge in [0, 0.05) is 16.5 Å². The zero-order valence-electron chi connectivity index (χ0n) is 15.5. The quantitative estimate of drug-likeness (QED) is 0.447. The molecule has 0 aliphatic carbocycles. The number of hydrogen-bond acceptors (Lipinski definition) is 2. The molecule has 0 fully saturated rings. The lowest BCUT2D eigenvalue weighted by Gasteiger charge is -2.43. The third-order valence-electron chi connectivity index (χ3n) is 4.80. The predicted molar refractivity (Wildman–Crippen MR) is 119 cm³/mol. The van der Waals surface area contributed by atoms with Gasteiger partial charge in [0.15, 0.2) is 0 Å². The van der Waals surface area contributed by atoms with E-state index in [0.29, 0.717) is 0 Å². The van der Waals surface area contributed by atoms with E-state index in [0.717, 1.165) is 13.0 Å². The topological polar surface area (TPSA) is 9.23 Å². The van der Waals surface area contributed by atoms with Crippen LogP contribution in [0.3, 0.4) is 0 Å². The van der Waals surface area contributed by atoms with E-state index in [2.05, 4.69) is 108 Å². The van der Waals surface area contributed by atoms with E-state index in [4.69, 9.17) is 4.43 Å². The fourth-order valence-electron chi connectivity index (χ4n) is 3.56. The van der Waals surface area contributed by atoms with Crippen LogP contribution >= 0.6 is 27.3 Å². The van der Waals surface area contributed by atoms with Crippen molar-refractivity contribution in [2.75, 3.05) is 6.61 Å². The van der Waals surface area contributed by atoms with E-state index in [1.807, 2.05) is 0 Å². The maximum atomic E-state index is 6.92. The first-order valence-corrected chi connectivity index (χ1v) is 12.5. The highest BCUT2D eigenvalue weighted by atomic mass is 79.9. The summed E-state index contributed by atoms with van der Waals surface area (Å²) in [7, 11) is -2.41. The maximum Gasteiger partial charge on any atom is 0.261 e. The Kier molecular flexibility index (Phi) is 6.18. The fourth-order valence-corrected chi connectivity index (χ4v) is 9.66. The van der Waals surface area contributed by atoms with Gasteiger partial charge in [-0.15, -0.1) is 0 Å².